The molecule has 0 saturated carbocycles. The minimum Gasteiger partial charge on any atom is -0.465 e. The van der Waals surface area contributed by atoms with Crippen LogP contribution in [-0.4, -0.2) is 24.3 Å². The smallest absolute Gasteiger partial charge is 0.314 e. The molecule has 0 bridgehead atoms. The molecule has 0 heterocycles. The fourth-order valence-corrected chi connectivity index (χ4v) is 6.33. The van der Waals surface area contributed by atoms with E-state index in [1.165, 1.54) is 19.3 Å². The molecule has 2 aromatic carbocycles. The van der Waals surface area contributed by atoms with Gasteiger partial charge in [-0.05, 0) is 38.3 Å². The Kier molecular flexibility index (Phi) is 9.71. The van der Waals surface area contributed by atoms with Gasteiger partial charge in [0, 0.05) is 10.9 Å². The molecule has 5 heteroatoms. The van der Waals surface area contributed by atoms with Crippen LogP contribution in [0.2, 0.25) is 0 Å². The van der Waals surface area contributed by atoms with Gasteiger partial charge in [-0.1, -0.05) is 87.1 Å². The fourth-order valence-electron chi connectivity index (χ4n) is 3.94. The minimum atomic E-state index is -3.69. The van der Waals surface area contributed by atoms with Crippen molar-refractivity contribution in [3.05, 3.63) is 64.7 Å². The highest BCUT2D eigenvalue weighted by atomic mass is 31.2. The lowest BCUT2D eigenvalue weighted by Crippen LogP contribution is -2.23. The van der Waals surface area contributed by atoms with Crippen molar-refractivity contribution in [2.45, 2.75) is 66.2 Å². The first-order chi connectivity index (χ1) is 14.8. The largest absolute Gasteiger partial charge is 0.465 e. The summed E-state index contributed by atoms with van der Waals surface area (Å²) in [7, 11) is -3.69. The number of carbonyl (C=O) groups excluding carboxylic acids is 2. The Labute approximate surface area is 186 Å². The van der Waals surface area contributed by atoms with Gasteiger partial charge in [0.2, 0.25) is 5.52 Å². The van der Waals surface area contributed by atoms with Gasteiger partial charge < -0.3 is 9.30 Å². The monoisotopic (exact) mass is 442 g/mol. The molecule has 2 rings (SSSR count). The number of benzene rings is 2. The van der Waals surface area contributed by atoms with Crippen molar-refractivity contribution in [2.75, 3.05) is 12.8 Å². The fraction of sp³-hybridized carbons (Fsp3) is 0.462. The molecule has 1 atom stereocenters. The topological polar surface area (TPSA) is 60.4 Å². The van der Waals surface area contributed by atoms with Gasteiger partial charge >= 0.3 is 5.97 Å². The third-order valence-corrected chi connectivity index (χ3v) is 8.22. The molecule has 0 fully saturated rings. The lowest BCUT2D eigenvalue weighted by molar-refractivity contribution is -0.140. The quantitative estimate of drug-likeness (QED) is 0.218. The van der Waals surface area contributed by atoms with E-state index in [0.717, 1.165) is 36.0 Å². The Bertz CT molecular complexity index is 911. The molecule has 2 aromatic rings. The van der Waals surface area contributed by atoms with Gasteiger partial charge in [-0.15, -0.1) is 0 Å². The number of ether oxygens (including phenoxy) is 1. The summed E-state index contributed by atoms with van der Waals surface area (Å²) in [6.07, 6.45) is 6.12. The maximum Gasteiger partial charge on any atom is 0.314 e. The average molecular weight is 443 g/mol. The molecule has 0 radical (unpaired) electrons. The summed E-state index contributed by atoms with van der Waals surface area (Å²) in [6.45, 7) is 8.13. The number of unbranched alkanes of at least 4 members (excludes halogenated alkanes) is 5. The molecule has 0 aromatic heterocycles. The van der Waals surface area contributed by atoms with E-state index in [4.69, 9.17) is 4.74 Å². The summed E-state index contributed by atoms with van der Waals surface area (Å²) < 4.78 is 19.4. The van der Waals surface area contributed by atoms with E-state index < -0.39 is 24.8 Å². The predicted octanol–water partition coefficient (Wildman–Crippen LogP) is 6.34. The van der Waals surface area contributed by atoms with Crippen molar-refractivity contribution in [1.82, 2.24) is 0 Å². The zero-order chi connectivity index (χ0) is 22.9. The number of rotatable bonds is 12. The second-order valence-electron chi connectivity index (χ2n) is 8.30. The summed E-state index contributed by atoms with van der Waals surface area (Å²) in [5.74, 6) is -0.573. The molecular formula is C26H35O4P. The Morgan fingerprint density at radius 2 is 1.45 bits per heavy atom. The second-order valence-corrected chi connectivity index (χ2v) is 11.0. The van der Waals surface area contributed by atoms with Crippen molar-refractivity contribution in [1.29, 1.82) is 0 Å². The molecule has 0 saturated heterocycles. The molecule has 0 spiro atoms. The van der Waals surface area contributed by atoms with Crippen LogP contribution in [0.4, 0.5) is 0 Å². The zero-order valence-electron chi connectivity index (χ0n) is 19.3. The molecule has 0 aliphatic carbocycles. The van der Waals surface area contributed by atoms with Crippen LogP contribution in [0.5, 0.6) is 0 Å². The van der Waals surface area contributed by atoms with E-state index in [0.29, 0.717) is 17.5 Å². The SMILES string of the molecule is CCCCCCCCOC(=O)CP(=O)(C(=O)c1c(C)cc(C)cc1C)c1ccccc1. The van der Waals surface area contributed by atoms with Crippen LogP contribution < -0.4 is 5.30 Å². The van der Waals surface area contributed by atoms with E-state index in [9.17, 15) is 14.2 Å². The van der Waals surface area contributed by atoms with Crippen molar-refractivity contribution in [2.24, 2.45) is 0 Å². The van der Waals surface area contributed by atoms with Crippen LogP contribution in [0.3, 0.4) is 0 Å². The van der Waals surface area contributed by atoms with E-state index in [1.807, 2.05) is 32.9 Å². The van der Waals surface area contributed by atoms with E-state index in [1.54, 1.807) is 30.3 Å². The van der Waals surface area contributed by atoms with Crippen LogP contribution in [0.1, 0.15) is 72.5 Å². The van der Waals surface area contributed by atoms with Crippen LogP contribution in [-0.2, 0) is 14.1 Å². The number of hydrogen-bond donors (Lipinski definition) is 0. The van der Waals surface area contributed by atoms with Gasteiger partial charge in [-0.25, -0.2) is 0 Å². The summed E-state index contributed by atoms with van der Waals surface area (Å²) in [5.41, 5.74) is 2.57. The van der Waals surface area contributed by atoms with Crippen molar-refractivity contribution in [3.8, 4) is 0 Å². The van der Waals surface area contributed by atoms with Gasteiger partial charge in [0.15, 0.2) is 7.14 Å². The van der Waals surface area contributed by atoms with Crippen molar-refractivity contribution < 1.29 is 18.9 Å². The van der Waals surface area contributed by atoms with Gasteiger partial charge in [0.25, 0.3) is 0 Å². The maximum atomic E-state index is 14.1. The van der Waals surface area contributed by atoms with Gasteiger partial charge in [-0.3, -0.25) is 9.59 Å². The molecule has 0 N–H and O–H groups in total. The Morgan fingerprint density at radius 1 is 0.871 bits per heavy atom. The number of esters is 1. The first-order valence-electron chi connectivity index (χ1n) is 11.2. The third-order valence-electron chi connectivity index (χ3n) is 5.50. The summed E-state index contributed by atoms with van der Waals surface area (Å²) in [4.78, 5) is 26.1. The highest BCUT2D eigenvalue weighted by Gasteiger charge is 2.38. The first kappa shape index (κ1) is 25.1. The Morgan fingerprint density at radius 3 is 2.06 bits per heavy atom. The summed E-state index contributed by atoms with van der Waals surface area (Å²) >= 11 is 0. The third kappa shape index (κ3) is 6.90. The standard InChI is InChI=1S/C26H35O4P/c1-5-6-7-8-9-13-16-30-24(27)19-31(29,23-14-11-10-12-15-23)26(28)25-21(3)17-20(2)18-22(25)4/h10-12,14-15,17-18H,5-9,13,16,19H2,1-4H3. The molecule has 1 unspecified atom stereocenters. The highest BCUT2D eigenvalue weighted by Crippen LogP contribution is 2.49. The molecule has 0 amide bonds. The van der Waals surface area contributed by atoms with Crippen molar-refractivity contribution in [3.63, 3.8) is 0 Å². The van der Waals surface area contributed by atoms with Crippen molar-refractivity contribution >= 4 is 23.9 Å². The molecule has 4 nitrogen and oxygen atoms in total. The first-order valence-corrected chi connectivity index (χ1v) is 13.1. The number of carbonyl (C=O) groups is 2. The summed E-state index contributed by atoms with van der Waals surface area (Å²) in [6, 6.07) is 12.4. The Hall–Kier alpha value is -2.19. The Balaban J connectivity index is 2.18. The zero-order valence-corrected chi connectivity index (χ0v) is 20.2. The van der Waals surface area contributed by atoms with Crippen LogP contribution >= 0.6 is 7.14 Å². The average Bonchev–Trinajstić information content (AvgIpc) is 2.72. The molecule has 31 heavy (non-hydrogen) atoms. The second kappa shape index (κ2) is 12.0. The lowest BCUT2D eigenvalue weighted by atomic mass is 10.0. The van der Waals surface area contributed by atoms with Crippen LogP contribution in [0.15, 0.2) is 42.5 Å². The number of aryl methyl sites for hydroxylation is 3. The molecular weight excluding hydrogens is 407 g/mol. The van der Waals surface area contributed by atoms with Gasteiger partial charge in [0.1, 0.15) is 6.16 Å². The lowest BCUT2D eigenvalue weighted by Gasteiger charge is -2.20. The maximum absolute atomic E-state index is 14.1. The number of hydrogen-bond acceptors (Lipinski definition) is 4. The highest BCUT2D eigenvalue weighted by molar-refractivity contribution is 7.88. The van der Waals surface area contributed by atoms with Gasteiger partial charge in [-0.2, -0.15) is 0 Å². The minimum absolute atomic E-state index is 0.302. The normalized spacial score (nSPS) is 12.9. The van der Waals surface area contributed by atoms with Gasteiger partial charge in [0.05, 0.1) is 6.61 Å². The molecule has 0 aliphatic heterocycles. The summed E-state index contributed by atoms with van der Waals surface area (Å²) in [5, 5.41) is 0.399. The van der Waals surface area contributed by atoms with E-state index >= 15 is 0 Å². The predicted molar refractivity (Wildman–Crippen MR) is 128 cm³/mol. The molecule has 0 aliphatic rings. The van der Waals surface area contributed by atoms with E-state index in [-0.39, 0.29) is 0 Å². The molecule has 168 valence electrons. The van der Waals surface area contributed by atoms with Crippen LogP contribution in [0, 0.1) is 20.8 Å². The van der Waals surface area contributed by atoms with Crippen LogP contribution in [0.25, 0.3) is 0 Å². The van der Waals surface area contributed by atoms with E-state index in [2.05, 4.69) is 6.92 Å².